The number of aliphatic hydroxyl groups is 1. The fraction of sp³-hybridized carbons (Fsp3) is 0.600. The summed E-state index contributed by atoms with van der Waals surface area (Å²) in [5, 5.41) is 12.7. The highest BCUT2D eigenvalue weighted by Crippen LogP contribution is 2.20. The van der Waals surface area contributed by atoms with E-state index in [0.29, 0.717) is 19.3 Å². The summed E-state index contributed by atoms with van der Waals surface area (Å²) in [5.41, 5.74) is 0. The highest BCUT2D eigenvalue weighted by Gasteiger charge is 2.23. The van der Waals surface area contributed by atoms with Gasteiger partial charge in [0, 0.05) is 12.1 Å². The van der Waals surface area contributed by atoms with E-state index >= 15 is 0 Å². The Kier molecular flexibility index (Phi) is 5.48. The van der Waals surface area contributed by atoms with Crippen molar-refractivity contribution in [2.24, 2.45) is 0 Å². The molecule has 2 N–H and O–H groups in total. The van der Waals surface area contributed by atoms with Gasteiger partial charge >= 0.3 is 0 Å². The molecule has 0 heterocycles. The molecule has 19 heavy (non-hydrogen) atoms. The van der Waals surface area contributed by atoms with Crippen molar-refractivity contribution >= 4 is 0 Å². The van der Waals surface area contributed by atoms with Gasteiger partial charge in [-0.25, -0.2) is 0 Å². The second-order valence-corrected chi connectivity index (χ2v) is 4.86. The third-order valence-electron chi connectivity index (χ3n) is 3.14. The quantitative estimate of drug-likeness (QED) is 0.716. The highest BCUT2D eigenvalue weighted by atomic mass is 16.5. The van der Waals surface area contributed by atoms with E-state index in [9.17, 15) is 5.11 Å². The molecule has 1 aliphatic carbocycles. The van der Waals surface area contributed by atoms with Crippen LogP contribution in [0.1, 0.15) is 26.2 Å². The van der Waals surface area contributed by atoms with Crippen molar-refractivity contribution in [2.45, 2.75) is 38.3 Å². The zero-order valence-corrected chi connectivity index (χ0v) is 11.5. The average molecular weight is 265 g/mol. The molecular formula is C15H23NO3. The van der Waals surface area contributed by atoms with Gasteiger partial charge in [-0.3, -0.25) is 0 Å². The van der Waals surface area contributed by atoms with Gasteiger partial charge in [0.15, 0.2) is 0 Å². The molecule has 1 aromatic carbocycles. The lowest BCUT2D eigenvalue weighted by atomic mass is 10.2. The van der Waals surface area contributed by atoms with Crippen LogP contribution >= 0.6 is 0 Å². The third-order valence-corrected chi connectivity index (χ3v) is 3.14. The Morgan fingerprint density at radius 2 is 1.84 bits per heavy atom. The van der Waals surface area contributed by atoms with Crippen molar-refractivity contribution in [1.29, 1.82) is 0 Å². The molecule has 1 unspecified atom stereocenters. The van der Waals surface area contributed by atoms with Crippen LogP contribution in [0.15, 0.2) is 24.3 Å². The number of nitrogens with one attached hydrogen (secondary N) is 1. The summed E-state index contributed by atoms with van der Waals surface area (Å²) < 4.78 is 11.0. The molecule has 106 valence electrons. The van der Waals surface area contributed by atoms with E-state index in [1.54, 1.807) is 0 Å². The van der Waals surface area contributed by atoms with Crippen LogP contribution in [0.4, 0.5) is 0 Å². The minimum Gasteiger partial charge on any atom is -0.494 e. The van der Waals surface area contributed by atoms with E-state index in [-0.39, 0.29) is 12.6 Å². The molecule has 1 atom stereocenters. The van der Waals surface area contributed by atoms with Gasteiger partial charge in [0.25, 0.3) is 0 Å². The molecule has 0 aromatic heterocycles. The largest absolute Gasteiger partial charge is 0.494 e. The number of hydrogen-bond donors (Lipinski definition) is 2. The van der Waals surface area contributed by atoms with Gasteiger partial charge in [-0.1, -0.05) is 0 Å². The van der Waals surface area contributed by atoms with Crippen LogP contribution in [0.2, 0.25) is 0 Å². The summed E-state index contributed by atoms with van der Waals surface area (Å²) >= 11 is 0. The summed E-state index contributed by atoms with van der Waals surface area (Å²) in [6, 6.07) is 8.40. The molecule has 1 saturated carbocycles. The van der Waals surface area contributed by atoms with Crippen molar-refractivity contribution in [3.63, 3.8) is 0 Å². The molecule has 4 heteroatoms. The van der Waals surface area contributed by atoms with E-state index in [4.69, 9.17) is 9.47 Å². The summed E-state index contributed by atoms with van der Waals surface area (Å²) in [5.74, 6) is 1.70. The SMILES string of the molecule is CCOc1ccc(OCCC(CO)NC2CC2)cc1. The topological polar surface area (TPSA) is 50.7 Å². The Bertz CT molecular complexity index is 362. The van der Waals surface area contributed by atoms with Gasteiger partial charge in [-0.2, -0.15) is 0 Å². The average Bonchev–Trinajstić information content (AvgIpc) is 3.24. The van der Waals surface area contributed by atoms with Gasteiger partial charge < -0.3 is 19.9 Å². The normalized spacial score (nSPS) is 16.1. The smallest absolute Gasteiger partial charge is 0.119 e. The number of benzene rings is 1. The minimum atomic E-state index is 0.148. The van der Waals surface area contributed by atoms with Crippen LogP contribution in [0.5, 0.6) is 11.5 Å². The van der Waals surface area contributed by atoms with E-state index < -0.39 is 0 Å². The molecule has 1 aliphatic rings. The third kappa shape index (κ3) is 5.09. The van der Waals surface area contributed by atoms with Gasteiger partial charge in [-0.05, 0) is 50.5 Å². The number of ether oxygens (including phenoxy) is 2. The maximum Gasteiger partial charge on any atom is 0.119 e. The number of rotatable bonds is 9. The predicted molar refractivity (Wildman–Crippen MR) is 74.8 cm³/mol. The van der Waals surface area contributed by atoms with Crippen molar-refractivity contribution in [3.8, 4) is 11.5 Å². The van der Waals surface area contributed by atoms with Crippen molar-refractivity contribution < 1.29 is 14.6 Å². The maximum absolute atomic E-state index is 9.26. The van der Waals surface area contributed by atoms with Crippen molar-refractivity contribution in [1.82, 2.24) is 5.32 Å². The van der Waals surface area contributed by atoms with Crippen LogP contribution in [0.3, 0.4) is 0 Å². The molecular weight excluding hydrogens is 242 g/mol. The van der Waals surface area contributed by atoms with Crippen LogP contribution in [0.25, 0.3) is 0 Å². The van der Waals surface area contributed by atoms with E-state index in [0.717, 1.165) is 17.9 Å². The lowest BCUT2D eigenvalue weighted by Crippen LogP contribution is -2.35. The second kappa shape index (κ2) is 7.36. The fourth-order valence-electron chi connectivity index (χ4n) is 1.93. The first kappa shape index (κ1) is 14.2. The predicted octanol–water partition coefficient (Wildman–Crippen LogP) is 1.97. The number of hydrogen-bond acceptors (Lipinski definition) is 4. The maximum atomic E-state index is 9.26. The zero-order valence-electron chi connectivity index (χ0n) is 11.5. The summed E-state index contributed by atoms with van der Waals surface area (Å²) in [6.45, 7) is 3.42. The van der Waals surface area contributed by atoms with Crippen LogP contribution in [0, 0.1) is 0 Å². The van der Waals surface area contributed by atoms with E-state index in [1.165, 1.54) is 12.8 Å². The van der Waals surface area contributed by atoms with E-state index in [1.807, 2.05) is 31.2 Å². The molecule has 1 fully saturated rings. The first-order chi connectivity index (χ1) is 9.31. The molecule has 0 saturated heterocycles. The van der Waals surface area contributed by atoms with Gasteiger partial charge in [0.1, 0.15) is 11.5 Å². The Morgan fingerprint density at radius 1 is 1.21 bits per heavy atom. The molecule has 2 rings (SSSR count). The number of aliphatic hydroxyl groups excluding tert-OH is 1. The summed E-state index contributed by atoms with van der Waals surface area (Å²) in [7, 11) is 0. The Labute approximate surface area is 114 Å². The zero-order chi connectivity index (χ0) is 13.5. The minimum absolute atomic E-state index is 0.148. The molecule has 0 aliphatic heterocycles. The molecule has 4 nitrogen and oxygen atoms in total. The molecule has 0 spiro atoms. The van der Waals surface area contributed by atoms with Gasteiger partial charge in [0.05, 0.1) is 19.8 Å². The summed E-state index contributed by atoms with van der Waals surface area (Å²) in [4.78, 5) is 0. The van der Waals surface area contributed by atoms with E-state index in [2.05, 4.69) is 5.32 Å². The van der Waals surface area contributed by atoms with Crippen molar-refractivity contribution in [2.75, 3.05) is 19.8 Å². The van der Waals surface area contributed by atoms with Gasteiger partial charge in [0.2, 0.25) is 0 Å². The van der Waals surface area contributed by atoms with Gasteiger partial charge in [-0.15, -0.1) is 0 Å². The van der Waals surface area contributed by atoms with Crippen LogP contribution < -0.4 is 14.8 Å². The van der Waals surface area contributed by atoms with Crippen molar-refractivity contribution in [3.05, 3.63) is 24.3 Å². The Morgan fingerprint density at radius 3 is 2.37 bits per heavy atom. The Balaban J connectivity index is 1.68. The monoisotopic (exact) mass is 265 g/mol. The fourth-order valence-corrected chi connectivity index (χ4v) is 1.93. The second-order valence-electron chi connectivity index (χ2n) is 4.86. The molecule has 1 aromatic rings. The Hall–Kier alpha value is -1.26. The molecule has 0 radical (unpaired) electrons. The lowest BCUT2D eigenvalue weighted by Gasteiger charge is -2.16. The summed E-state index contributed by atoms with van der Waals surface area (Å²) in [6.07, 6.45) is 3.28. The van der Waals surface area contributed by atoms with Crippen LogP contribution in [-0.4, -0.2) is 37.0 Å². The van der Waals surface area contributed by atoms with Crippen LogP contribution in [-0.2, 0) is 0 Å². The first-order valence-corrected chi connectivity index (χ1v) is 7.04. The molecule has 0 bridgehead atoms. The highest BCUT2D eigenvalue weighted by molar-refractivity contribution is 5.31. The lowest BCUT2D eigenvalue weighted by molar-refractivity contribution is 0.207. The molecule has 0 amide bonds. The first-order valence-electron chi connectivity index (χ1n) is 7.04. The standard InChI is InChI=1S/C15H23NO3/c1-2-18-14-5-7-15(8-6-14)19-10-9-13(11-17)16-12-3-4-12/h5-8,12-13,16-17H,2-4,9-11H2,1H3.